The predicted octanol–water partition coefficient (Wildman–Crippen LogP) is 4.09. The van der Waals surface area contributed by atoms with Crippen molar-refractivity contribution in [2.45, 2.75) is 19.3 Å². The van der Waals surface area contributed by atoms with Crippen LogP contribution in [0.3, 0.4) is 0 Å². The number of nitrogens with zero attached hydrogens (tertiary/aromatic N) is 2. The maximum atomic E-state index is 10.5. The zero-order valence-corrected chi connectivity index (χ0v) is 13.2. The summed E-state index contributed by atoms with van der Waals surface area (Å²) in [5.41, 5.74) is 0.674. The quantitative estimate of drug-likeness (QED) is 0.393. The van der Waals surface area contributed by atoms with Crippen LogP contribution < -0.4 is 9.47 Å². The van der Waals surface area contributed by atoms with Gasteiger partial charge in [-0.2, -0.15) is 5.26 Å². The van der Waals surface area contributed by atoms with Crippen LogP contribution in [0.4, 0.5) is 5.69 Å². The van der Waals surface area contributed by atoms with E-state index in [0.717, 1.165) is 25.0 Å². The molecule has 0 aliphatic heterocycles. The number of hydrogen-bond acceptors (Lipinski definition) is 5. The third-order valence-corrected chi connectivity index (χ3v) is 3.36. The number of ether oxygens (including phenoxy) is 2. The van der Waals surface area contributed by atoms with Gasteiger partial charge < -0.3 is 9.47 Å². The van der Waals surface area contributed by atoms with Crippen LogP contribution in [0.25, 0.3) is 0 Å². The molecule has 0 saturated heterocycles. The molecule has 0 aliphatic carbocycles. The number of unbranched alkanes of at least 4 members (excludes halogenated alkanes) is 2. The first kappa shape index (κ1) is 17.3. The van der Waals surface area contributed by atoms with Crippen LogP contribution in [0.5, 0.6) is 11.5 Å². The van der Waals surface area contributed by atoms with Gasteiger partial charge in [-0.25, -0.2) is 0 Å². The molecule has 6 nitrogen and oxygen atoms in total. The van der Waals surface area contributed by atoms with E-state index in [2.05, 4.69) is 6.07 Å². The van der Waals surface area contributed by atoms with Gasteiger partial charge in [0, 0.05) is 12.1 Å². The monoisotopic (exact) mass is 326 g/mol. The van der Waals surface area contributed by atoms with Crippen LogP contribution in [0, 0.1) is 21.4 Å². The van der Waals surface area contributed by atoms with Gasteiger partial charge in [-0.1, -0.05) is 0 Å². The molecule has 0 bridgehead atoms. The Bertz CT molecular complexity index is 690. The highest BCUT2D eigenvalue weighted by atomic mass is 16.6. The molecule has 2 aromatic rings. The van der Waals surface area contributed by atoms with E-state index < -0.39 is 4.92 Å². The van der Waals surface area contributed by atoms with E-state index in [0.29, 0.717) is 24.5 Å². The molecule has 0 N–H and O–H groups in total. The van der Waals surface area contributed by atoms with E-state index in [1.165, 1.54) is 12.1 Å². The Morgan fingerprint density at radius 2 is 1.38 bits per heavy atom. The van der Waals surface area contributed by atoms with E-state index in [9.17, 15) is 10.1 Å². The van der Waals surface area contributed by atoms with E-state index in [-0.39, 0.29) is 5.69 Å². The number of hydrogen-bond donors (Lipinski definition) is 0. The number of nitriles is 1. The van der Waals surface area contributed by atoms with E-state index in [1.54, 1.807) is 36.4 Å². The Labute approximate surface area is 140 Å². The van der Waals surface area contributed by atoms with Gasteiger partial charge in [0.25, 0.3) is 5.69 Å². The molecule has 2 aromatic carbocycles. The van der Waals surface area contributed by atoms with Crippen LogP contribution in [0.2, 0.25) is 0 Å². The molecule has 2 rings (SSSR count). The van der Waals surface area contributed by atoms with Crippen LogP contribution >= 0.6 is 0 Å². The molecular weight excluding hydrogens is 308 g/mol. The fourth-order valence-electron chi connectivity index (χ4n) is 2.05. The van der Waals surface area contributed by atoms with Gasteiger partial charge in [0.05, 0.1) is 29.8 Å². The Morgan fingerprint density at radius 3 is 1.83 bits per heavy atom. The minimum absolute atomic E-state index is 0.0577. The average Bonchev–Trinajstić information content (AvgIpc) is 2.62. The Morgan fingerprint density at radius 1 is 0.875 bits per heavy atom. The summed E-state index contributed by atoms with van der Waals surface area (Å²) < 4.78 is 11.1. The van der Waals surface area contributed by atoms with Crippen molar-refractivity contribution in [2.24, 2.45) is 0 Å². The lowest BCUT2D eigenvalue weighted by atomic mass is 10.2. The number of benzene rings is 2. The summed E-state index contributed by atoms with van der Waals surface area (Å²) in [5, 5.41) is 19.3. The van der Waals surface area contributed by atoms with Gasteiger partial charge in [0.2, 0.25) is 0 Å². The van der Waals surface area contributed by atoms with Crippen molar-refractivity contribution in [1.82, 2.24) is 0 Å². The first-order valence-corrected chi connectivity index (χ1v) is 7.69. The van der Waals surface area contributed by atoms with Gasteiger partial charge >= 0.3 is 0 Å². The number of non-ortho nitro benzene ring substituents is 1. The van der Waals surface area contributed by atoms with Crippen LogP contribution in [-0.2, 0) is 0 Å². The summed E-state index contributed by atoms with van der Waals surface area (Å²) in [6, 6.07) is 15.2. The molecule has 0 spiro atoms. The first-order valence-electron chi connectivity index (χ1n) is 7.69. The second kappa shape index (κ2) is 9.16. The summed E-state index contributed by atoms with van der Waals surface area (Å²) in [7, 11) is 0. The highest BCUT2D eigenvalue weighted by molar-refractivity contribution is 5.36. The molecule has 0 aromatic heterocycles. The zero-order valence-electron chi connectivity index (χ0n) is 13.2. The van der Waals surface area contributed by atoms with Gasteiger partial charge in [0.1, 0.15) is 11.5 Å². The lowest BCUT2D eigenvalue weighted by molar-refractivity contribution is -0.384. The SMILES string of the molecule is N#Cc1ccc(OCCCCCOc2ccc([N+](=O)[O-])cc2)cc1. The largest absolute Gasteiger partial charge is 0.494 e. The maximum absolute atomic E-state index is 10.5. The molecule has 6 heteroatoms. The molecular formula is C18H18N2O4. The molecule has 0 radical (unpaired) electrons. The molecule has 24 heavy (non-hydrogen) atoms. The van der Waals surface area contributed by atoms with Crippen LogP contribution in [-0.4, -0.2) is 18.1 Å². The minimum atomic E-state index is -0.433. The lowest BCUT2D eigenvalue weighted by Crippen LogP contribution is -2.01. The standard InChI is InChI=1S/C18H18N2O4/c19-14-15-4-8-17(9-5-15)23-12-2-1-3-13-24-18-10-6-16(7-11-18)20(21)22/h4-11H,1-3,12-13H2. The fraction of sp³-hybridized carbons (Fsp3) is 0.278. The van der Waals surface area contributed by atoms with Gasteiger partial charge in [-0.15, -0.1) is 0 Å². The van der Waals surface area contributed by atoms with E-state index in [1.807, 2.05) is 0 Å². The maximum Gasteiger partial charge on any atom is 0.269 e. The van der Waals surface area contributed by atoms with Crippen LogP contribution in [0.15, 0.2) is 48.5 Å². The summed E-state index contributed by atoms with van der Waals surface area (Å²) in [5.74, 6) is 1.39. The molecule has 0 atom stereocenters. The average molecular weight is 326 g/mol. The van der Waals surface area contributed by atoms with E-state index in [4.69, 9.17) is 14.7 Å². The topological polar surface area (TPSA) is 85.4 Å². The van der Waals surface area contributed by atoms with Gasteiger partial charge in [-0.05, 0) is 55.7 Å². The summed E-state index contributed by atoms with van der Waals surface area (Å²) >= 11 is 0. The molecule has 124 valence electrons. The molecule has 0 unspecified atom stereocenters. The number of nitro groups is 1. The molecule has 0 saturated carbocycles. The van der Waals surface area contributed by atoms with E-state index >= 15 is 0 Å². The van der Waals surface area contributed by atoms with Crippen LogP contribution in [0.1, 0.15) is 24.8 Å². The normalized spacial score (nSPS) is 9.96. The third-order valence-electron chi connectivity index (χ3n) is 3.36. The summed E-state index contributed by atoms with van der Waals surface area (Å²) in [4.78, 5) is 10.1. The van der Waals surface area contributed by atoms with Crippen molar-refractivity contribution in [1.29, 1.82) is 5.26 Å². The van der Waals surface area contributed by atoms with Crippen molar-refractivity contribution in [3.05, 3.63) is 64.2 Å². The number of nitro benzene ring substituents is 1. The predicted molar refractivity (Wildman–Crippen MR) is 89.1 cm³/mol. The summed E-state index contributed by atoms with van der Waals surface area (Å²) in [6.07, 6.45) is 2.75. The van der Waals surface area contributed by atoms with Crippen molar-refractivity contribution in [2.75, 3.05) is 13.2 Å². The fourth-order valence-corrected chi connectivity index (χ4v) is 2.05. The minimum Gasteiger partial charge on any atom is -0.494 e. The molecule has 0 amide bonds. The Kier molecular flexibility index (Phi) is 6.59. The summed E-state index contributed by atoms with van der Waals surface area (Å²) in [6.45, 7) is 1.18. The van der Waals surface area contributed by atoms with Crippen molar-refractivity contribution < 1.29 is 14.4 Å². The lowest BCUT2D eigenvalue weighted by Gasteiger charge is -2.07. The molecule has 0 aliphatic rings. The number of rotatable bonds is 9. The Hall–Kier alpha value is -3.07. The highest BCUT2D eigenvalue weighted by Gasteiger charge is 2.04. The second-order valence-corrected chi connectivity index (χ2v) is 5.14. The van der Waals surface area contributed by atoms with Crippen molar-refractivity contribution >= 4 is 5.69 Å². The smallest absolute Gasteiger partial charge is 0.269 e. The molecule has 0 fully saturated rings. The van der Waals surface area contributed by atoms with Crippen molar-refractivity contribution in [3.8, 4) is 17.6 Å². The highest BCUT2D eigenvalue weighted by Crippen LogP contribution is 2.17. The molecule has 0 heterocycles. The third kappa shape index (κ3) is 5.61. The van der Waals surface area contributed by atoms with Gasteiger partial charge in [0.15, 0.2) is 0 Å². The van der Waals surface area contributed by atoms with Gasteiger partial charge in [-0.3, -0.25) is 10.1 Å². The first-order chi connectivity index (χ1) is 11.7. The van der Waals surface area contributed by atoms with Crippen molar-refractivity contribution in [3.63, 3.8) is 0 Å². The second-order valence-electron chi connectivity index (χ2n) is 5.14. The zero-order chi connectivity index (χ0) is 17.2. The Balaban J connectivity index is 1.56.